The third-order valence-corrected chi connectivity index (χ3v) is 3.74. The van der Waals surface area contributed by atoms with Crippen LogP contribution in [0.1, 0.15) is 29.0 Å². The molecule has 0 fully saturated rings. The maximum Gasteiger partial charge on any atom is 0.416 e. The number of rotatable bonds is 4. The maximum atomic E-state index is 12.5. The van der Waals surface area contributed by atoms with Gasteiger partial charge in [-0.3, -0.25) is 0 Å². The molecule has 102 valence electrons. The highest BCUT2D eigenvalue weighted by molar-refractivity contribution is 7.10. The highest BCUT2D eigenvalue weighted by atomic mass is 32.1. The van der Waals surface area contributed by atoms with Gasteiger partial charge in [-0.05, 0) is 35.7 Å². The van der Waals surface area contributed by atoms with Gasteiger partial charge in [-0.15, -0.1) is 11.3 Å². The van der Waals surface area contributed by atoms with E-state index in [1.807, 2.05) is 24.4 Å². The first-order valence-corrected chi connectivity index (χ1v) is 6.84. The lowest BCUT2D eigenvalue weighted by atomic mass is 10.0. The van der Waals surface area contributed by atoms with Gasteiger partial charge < -0.3 is 5.32 Å². The molecule has 2 aromatic rings. The largest absolute Gasteiger partial charge is 0.416 e. The van der Waals surface area contributed by atoms with Crippen molar-refractivity contribution in [1.82, 2.24) is 5.32 Å². The number of thiophene rings is 1. The van der Waals surface area contributed by atoms with Gasteiger partial charge in [0.05, 0.1) is 11.6 Å². The summed E-state index contributed by atoms with van der Waals surface area (Å²) < 4.78 is 37.6. The number of halogens is 3. The molecule has 0 aliphatic heterocycles. The Morgan fingerprint density at radius 2 is 1.84 bits per heavy atom. The minimum absolute atomic E-state index is 0.0488. The van der Waals surface area contributed by atoms with E-state index < -0.39 is 11.7 Å². The van der Waals surface area contributed by atoms with Crippen molar-refractivity contribution in [3.63, 3.8) is 0 Å². The molecule has 1 aromatic carbocycles. The van der Waals surface area contributed by atoms with Crippen molar-refractivity contribution >= 4 is 11.3 Å². The van der Waals surface area contributed by atoms with E-state index in [1.165, 1.54) is 12.1 Å². The summed E-state index contributed by atoms with van der Waals surface area (Å²) in [6.45, 7) is 2.73. The van der Waals surface area contributed by atoms with Crippen LogP contribution in [0.2, 0.25) is 0 Å². The number of nitrogens with one attached hydrogen (secondary N) is 1. The van der Waals surface area contributed by atoms with E-state index in [1.54, 1.807) is 11.3 Å². The molecule has 0 saturated carbocycles. The van der Waals surface area contributed by atoms with Crippen molar-refractivity contribution in [2.24, 2.45) is 0 Å². The van der Waals surface area contributed by atoms with Crippen LogP contribution in [-0.4, -0.2) is 6.54 Å². The van der Waals surface area contributed by atoms with Crippen LogP contribution in [0, 0.1) is 0 Å². The average molecular weight is 285 g/mol. The summed E-state index contributed by atoms with van der Waals surface area (Å²) in [5.41, 5.74) is 0.231. The Morgan fingerprint density at radius 3 is 2.32 bits per heavy atom. The van der Waals surface area contributed by atoms with Gasteiger partial charge >= 0.3 is 6.18 Å². The first-order chi connectivity index (χ1) is 9.02. The summed E-state index contributed by atoms with van der Waals surface area (Å²) in [5.74, 6) is 0. The molecule has 0 spiro atoms. The Balaban J connectivity index is 2.28. The van der Waals surface area contributed by atoms with Crippen LogP contribution in [0.5, 0.6) is 0 Å². The Bertz CT molecular complexity index is 502. The van der Waals surface area contributed by atoms with Crippen molar-refractivity contribution in [2.75, 3.05) is 6.54 Å². The van der Waals surface area contributed by atoms with Gasteiger partial charge in [0.25, 0.3) is 0 Å². The summed E-state index contributed by atoms with van der Waals surface area (Å²) in [6.07, 6.45) is -4.28. The molecule has 0 radical (unpaired) electrons. The van der Waals surface area contributed by atoms with Crippen molar-refractivity contribution in [3.8, 4) is 0 Å². The standard InChI is InChI=1S/C14H14F3NS/c1-2-18-13(12-4-3-9-19-12)10-5-7-11(8-6-10)14(15,16)17/h3-9,13,18H,2H2,1H3. The molecule has 0 aliphatic carbocycles. The lowest BCUT2D eigenvalue weighted by Crippen LogP contribution is -2.21. The van der Waals surface area contributed by atoms with E-state index >= 15 is 0 Å². The van der Waals surface area contributed by atoms with E-state index in [4.69, 9.17) is 0 Å². The zero-order valence-electron chi connectivity index (χ0n) is 10.4. The number of hydrogen-bond donors (Lipinski definition) is 1. The monoisotopic (exact) mass is 285 g/mol. The predicted molar refractivity (Wildman–Crippen MR) is 71.3 cm³/mol. The first-order valence-electron chi connectivity index (χ1n) is 5.96. The summed E-state index contributed by atoms with van der Waals surface area (Å²) >= 11 is 1.59. The molecule has 1 heterocycles. The minimum Gasteiger partial charge on any atom is -0.306 e. The van der Waals surface area contributed by atoms with Crippen LogP contribution in [0.15, 0.2) is 41.8 Å². The van der Waals surface area contributed by atoms with Gasteiger partial charge in [0.2, 0.25) is 0 Å². The van der Waals surface area contributed by atoms with Gasteiger partial charge in [-0.25, -0.2) is 0 Å². The number of alkyl halides is 3. The Hall–Kier alpha value is -1.33. The molecular weight excluding hydrogens is 271 g/mol. The van der Waals surface area contributed by atoms with Crippen molar-refractivity contribution in [3.05, 3.63) is 57.8 Å². The molecule has 1 N–H and O–H groups in total. The van der Waals surface area contributed by atoms with E-state index in [0.29, 0.717) is 0 Å². The molecule has 1 unspecified atom stereocenters. The van der Waals surface area contributed by atoms with Crippen LogP contribution in [0.3, 0.4) is 0 Å². The van der Waals surface area contributed by atoms with Gasteiger partial charge in [-0.2, -0.15) is 13.2 Å². The third-order valence-electron chi connectivity index (χ3n) is 2.81. The van der Waals surface area contributed by atoms with Crippen LogP contribution in [-0.2, 0) is 6.18 Å². The zero-order valence-corrected chi connectivity index (χ0v) is 11.2. The lowest BCUT2D eigenvalue weighted by Gasteiger charge is -2.17. The molecule has 19 heavy (non-hydrogen) atoms. The average Bonchev–Trinajstić information content (AvgIpc) is 2.89. The first kappa shape index (κ1) is 14.1. The van der Waals surface area contributed by atoms with Gasteiger partial charge in [-0.1, -0.05) is 25.1 Å². The van der Waals surface area contributed by atoms with E-state index in [0.717, 1.165) is 29.1 Å². The smallest absolute Gasteiger partial charge is 0.306 e. The second-order valence-electron chi connectivity index (χ2n) is 4.13. The summed E-state index contributed by atoms with van der Waals surface area (Å²) in [7, 11) is 0. The van der Waals surface area contributed by atoms with E-state index in [9.17, 15) is 13.2 Å². The second-order valence-corrected chi connectivity index (χ2v) is 5.11. The highest BCUT2D eigenvalue weighted by Crippen LogP contribution is 2.31. The topological polar surface area (TPSA) is 12.0 Å². The van der Waals surface area contributed by atoms with Crippen LogP contribution < -0.4 is 5.32 Å². The number of hydrogen-bond acceptors (Lipinski definition) is 2. The fraction of sp³-hybridized carbons (Fsp3) is 0.286. The number of benzene rings is 1. The normalized spacial score (nSPS) is 13.5. The molecule has 1 atom stereocenters. The quantitative estimate of drug-likeness (QED) is 0.874. The molecule has 5 heteroatoms. The van der Waals surface area contributed by atoms with Crippen molar-refractivity contribution in [1.29, 1.82) is 0 Å². The maximum absolute atomic E-state index is 12.5. The van der Waals surface area contributed by atoms with Crippen molar-refractivity contribution in [2.45, 2.75) is 19.1 Å². The molecule has 0 bridgehead atoms. The molecule has 1 aromatic heterocycles. The Morgan fingerprint density at radius 1 is 1.16 bits per heavy atom. The van der Waals surface area contributed by atoms with Crippen LogP contribution >= 0.6 is 11.3 Å². The molecule has 0 aliphatic rings. The minimum atomic E-state index is -4.28. The van der Waals surface area contributed by atoms with Gasteiger partial charge in [0, 0.05) is 4.88 Å². The highest BCUT2D eigenvalue weighted by Gasteiger charge is 2.30. The van der Waals surface area contributed by atoms with Crippen LogP contribution in [0.4, 0.5) is 13.2 Å². The Labute approximate surface area is 114 Å². The molecule has 0 amide bonds. The Kier molecular flexibility index (Phi) is 4.27. The second kappa shape index (κ2) is 5.75. The third kappa shape index (κ3) is 3.36. The van der Waals surface area contributed by atoms with E-state index in [2.05, 4.69) is 5.32 Å². The summed E-state index contributed by atoms with van der Waals surface area (Å²) in [5, 5.41) is 5.25. The predicted octanol–water partition coefficient (Wildman–Crippen LogP) is 4.47. The molecule has 1 nitrogen and oxygen atoms in total. The van der Waals surface area contributed by atoms with Gasteiger partial charge in [0.1, 0.15) is 0 Å². The van der Waals surface area contributed by atoms with E-state index in [-0.39, 0.29) is 6.04 Å². The summed E-state index contributed by atoms with van der Waals surface area (Å²) in [6, 6.07) is 9.21. The summed E-state index contributed by atoms with van der Waals surface area (Å²) in [4.78, 5) is 1.10. The fourth-order valence-corrected chi connectivity index (χ4v) is 2.73. The fourth-order valence-electron chi connectivity index (χ4n) is 1.91. The SMILES string of the molecule is CCNC(c1ccc(C(F)(F)F)cc1)c1cccs1. The zero-order chi connectivity index (χ0) is 13.9. The molecule has 0 saturated heterocycles. The van der Waals surface area contributed by atoms with Gasteiger partial charge in [0.15, 0.2) is 0 Å². The van der Waals surface area contributed by atoms with Crippen LogP contribution in [0.25, 0.3) is 0 Å². The lowest BCUT2D eigenvalue weighted by molar-refractivity contribution is -0.137. The van der Waals surface area contributed by atoms with Crippen molar-refractivity contribution < 1.29 is 13.2 Å². The molecular formula is C14H14F3NS. The molecule has 2 rings (SSSR count).